The fraction of sp³-hybridized carbons (Fsp3) is 0.322. The molecule has 2 aliphatic heterocycles. The van der Waals surface area contributed by atoms with Gasteiger partial charge in [0.1, 0.15) is 11.0 Å². The van der Waals surface area contributed by atoms with Crippen LogP contribution in [0.25, 0.3) is 33.8 Å². The number of urea groups is 2. The number of hydrogen-bond acceptors (Lipinski definition) is 15. The van der Waals surface area contributed by atoms with E-state index in [-0.39, 0.29) is 24.9 Å². The summed E-state index contributed by atoms with van der Waals surface area (Å²) in [5.74, 6) is 1.78. The Bertz CT molecular complexity index is 3320. The lowest BCUT2D eigenvalue weighted by Crippen LogP contribution is -2.37. The number of aromatic nitrogens is 6. The number of aromatic carboxylic acids is 1. The van der Waals surface area contributed by atoms with Gasteiger partial charge in [-0.25, -0.2) is 33.4 Å². The van der Waals surface area contributed by atoms with E-state index in [1.165, 1.54) is 24.3 Å². The zero-order valence-corrected chi connectivity index (χ0v) is 46.0. The largest absolute Gasteiger partial charge is 0.478 e. The molecule has 0 aliphatic carbocycles. The number of morpholine rings is 2. The van der Waals surface area contributed by atoms with Crippen molar-refractivity contribution in [3.05, 3.63) is 145 Å². The number of nitrogens with one attached hydrogen (secondary N) is 5. The summed E-state index contributed by atoms with van der Waals surface area (Å²) in [6, 6.07) is 34.5. The second kappa shape index (κ2) is 30.0. The number of anilines is 6. The molecular weight excluding hydrogens is 1040 g/mol. The van der Waals surface area contributed by atoms with Gasteiger partial charge in [-0.1, -0.05) is 7.43 Å². The first-order valence-corrected chi connectivity index (χ1v) is 26.7. The van der Waals surface area contributed by atoms with Crippen LogP contribution in [0.2, 0.25) is 0 Å². The first kappa shape index (κ1) is 60.6. The third-order valence-electron chi connectivity index (χ3n) is 12.8. The average Bonchev–Trinajstić information content (AvgIpc) is 4.27. The molecule has 0 saturated carbocycles. The second-order valence-corrected chi connectivity index (χ2v) is 19.5. The molecule has 0 radical (unpaired) electrons. The maximum atomic E-state index is 12.6. The van der Waals surface area contributed by atoms with Gasteiger partial charge in [-0.2, -0.15) is 0 Å². The topological polar surface area (TPSA) is 266 Å². The normalized spacial score (nSPS) is 13.1. The number of ether oxygens (including phenoxy) is 2. The van der Waals surface area contributed by atoms with E-state index in [4.69, 9.17) is 30.3 Å². The fourth-order valence-corrected chi connectivity index (χ4v) is 8.60. The zero-order valence-electron chi connectivity index (χ0n) is 46.0. The van der Waals surface area contributed by atoms with Crippen LogP contribution in [0.15, 0.2) is 134 Å². The summed E-state index contributed by atoms with van der Waals surface area (Å²) >= 11 is 0. The molecular formula is C59H74N16O7. The quantitative estimate of drug-likeness (QED) is 0.0431. The van der Waals surface area contributed by atoms with Gasteiger partial charge < -0.3 is 66.5 Å². The Balaban J connectivity index is 0.000000211. The van der Waals surface area contributed by atoms with E-state index < -0.39 is 12.0 Å². The van der Waals surface area contributed by atoms with Crippen molar-refractivity contribution in [2.75, 3.05) is 138 Å². The van der Waals surface area contributed by atoms with E-state index in [9.17, 15) is 19.2 Å². The molecule has 23 nitrogen and oxygen atoms in total. The first-order chi connectivity index (χ1) is 39.3. The summed E-state index contributed by atoms with van der Waals surface area (Å²) in [7, 11) is 8.10. The molecule has 4 aromatic heterocycles. The summed E-state index contributed by atoms with van der Waals surface area (Å²) in [6.45, 7) is 9.21. The zero-order chi connectivity index (χ0) is 57.1. The molecule has 82 heavy (non-hydrogen) atoms. The van der Waals surface area contributed by atoms with Gasteiger partial charge in [-0.3, -0.25) is 4.79 Å². The number of carboxylic acids is 1. The van der Waals surface area contributed by atoms with Gasteiger partial charge in [0.25, 0.3) is 5.91 Å². The van der Waals surface area contributed by atoms with E-state index in [2.05, 4.69) is 70.5 Å². The highest BCUT2D eigenvalue weighted by molar-refractivity contribution is 6.01. The highest BCUT2D eigenvalue weighted by atomic mass is 16.5. The van der Waals surface area contributed by atoms with Gasteiger partial charge in [-0.05, 0) is 182 Å². The van der Waals surface area contributed by atoms with Crippen LogP contribution in [0.5, 0.6) is 0 Å². The Hall–Kier alpha value is -9.00. The summed E-state index contributed by atoms with van der Waals surface area (Å²) in [6.07, 6.45) is 5.79. The molecule has 0 unspecified atom stereocenters. The Morgan fingerprint density at radius 1 is 0.549 bits per heavy atom. The van der Waals surface area contributed by atoms with Gasteiger partial charge in [0.05, 0.1) is 32.0 Å². The number of nitrogens with zero attached hydrogens (tertiary/aromatic N) is 10. The van der Waals surface area contributed by atoms with Crippen molar-refractivity contribution >= 4 is 69.4 Å². The number of carbonyl (C=O) groups excluding carboxylic acids is 3. The minimum atomic E-state index is -1.02. The van der Waals surface area contributed by atoms with E-state index in [1.54, 1.807) is 36.4 Å². The van der Waals surface area contributed by atoms with Crippen LogP contribution in [0, 0.1) is 0 Å². The minimum Gasteiger partial charge on any atom is -0.478 e. The van der Waals surface area contributed by atoms with Crippen LogP contribution in [-0.4, -0.2) is 175 Å². The van der Waals surface area contributed by atoms with E-state index in [1.807, 2.05) is 96.2 Å². The van der Waals surface area contributed by atoms with Gasteiger partial charge in [0.15, 0.2) is 23.3 Å². The monoisotopic (exact) mass is 1120 g/mol. The average molecular weight is 1120 g/mol. The van der Waals surface area contributed by atoms with Crippen molar-refractivity contribution in [1.82, 2.24) is 44.3 Å². The van der Waals surface area contributed by atoms with Crippen molar-refractivity contribution in [1.29, 1.82) is 0 Å². The van der Waals surface area contributed by atoms with Crippen LogP contribution < -0.4 is 42.1 Å². The highest BCUT2D eigenvalue weighted by Crippen LogP contribution is 2.28. The highest BCUT2D eigenvalue weighted by Gasteiger charge is 2.20. The third-order valence-corrected chi connectivity index (χ3v) is 12.8. The first-order valence-electron chi connectivity index (χ1n) is 26.7. The molecule has 4 aromatic carbocycles. The van der Waals surface area contributed by atoms with E-state index in [0.29, 0.717) is 72.9 Å². The standard InChI is InChI=1S/C29H34N8O3.C24H22N6O4.C5H14N2.CH4/c1-35(2)15-4-14-30-28(38)22-8-12-24(13-9-22)32-29(39)31-23-10-6-21(7-11-23)26-33-27(36-17-19-40-20-18-36)25-5-3-16-37(25)34-26;31-23(32)17-5-9-19(10-6-17)26-24(33)25-18-7-3-16(4-8-18)21-27-22(29-12-14-34-15-13-29)20-2-1-11-30(20)28-21;1-7(2)5-3-4-6;/h3,5-13,16H,4,14-15,17-20H2,1-2H3,(H,30,38)(H2,31,32,39);1-11H,12-15H2,(H,31,32)(H2,25,26,33);3-6H2,1-2H3;1H4. The van der Waals surface area contributed by atoms with Crippen molar-refractivity contribution < 1.29 is 33.8 Å². The maximum absolute atomic E-state index is 12.6. The van der Waals surface area contributed by atoms with Gasteiger partial charge in [0.2, 0.25) is 0 Å². The summed E-state index contributed by atoms with van der Waals surface area (Å²) in [5.41, 5.74) is 11.8. The molecule has 8 N–H and O–H groups in total. The molecule has 8 aromatic rings. The molecule has 6 heterocycles. The molecule has 2 saturated heterocycles. The van der Waals surface area contributed by atoms with Crippen LogP contribution in [0.4, 0.5) is 44.0 Å². The van der Waals surface area contributed by atoms with Crippen molar-refractivity contribution in [3.63, 3.8) is 0 Å². The number of amides is 5. The molecule has 0 bridgehead atoms. The van der Waals surface area contributed by atoms with Crippen molar-refractivity contribution in [2.24, 2.45) is 5.73 Å². The van der Waals surface area contributed by atoms with Gasteiger partial charge in [0, 0.05) is 84.6 Å². The molecule has 432 valence electrons. The smallest absolute Gasteiger partial charge is 0.335 e. The lowest BCUT2D eigenvalue weighted by atomic mass is 10.2. The molecule has 0 spiro atoms. The number of rotatable bonds is 17. The number of hydrogen-bond donors (Lipinski definition) is 7. The van der Waals surface area contributed by atoms with Crippen molar-refractivity contribution in [2.45, 2.75) is 20.3 Å². The van der Waals surface area contributed by atoms with Crippen LogP contribution in [-0.2, 0) is 9.47 Å². The lowest BCUT2D eigenvalue weighted by molar-refractivity contribution is 0.0696. The Kier molecular flexibility index (Phi) is 22.2. The number of nitrogens with two attached hydrogens (primary N) is 1. The third kappa shape index (κ3) is 17.3. The van der Waals surface area contributed by atoms with Crippen LogP contribution in [0.1, 0.15) is 41.0 Å². The van der Waals surface area contributed by atoms with E-state index >= 15 is 0 Å². The molecule has 2 fully saturated rings. The molecule has 23 heteroatoms. The van der Waals surface area contributed by atoms with Crippen LogP contribution >= 0.6 is 0 Å². The Morgan fingerprint density at radius 3 is 1.29 bits per heavy atom. The SMILES string of the molecule is C.CN(C)CCCN.CN(C)CCCNC(=O)c1ccc(NC(=O)Nc2ccc(-c3nc(N4CCOCC4)c4cccn4n3)cc2)cc1.O=C(Nc1ccc(C(=O)O)cc1)Nc1ccc(-c2nc(N3CCOCC3)c3cccn3n2)cc1. The minimum absolute atomic E-state index is 0. The number of fused-ring (bicyclic) bond motifs is 2. The van der Waals surface area contributed by atoms with Crippen molar-refractivity contribution in [3.8, 4) is 22.8 Å². The summed E-state index contributed by atoms with van der Waals surface area (Å²) in [4.78, 5) is 66.4. The molecule has 0 atom stereocenters. The molecule has 2 aliphatic rings. The number of carbonyl (C=O) groups is 4. The fourth-order valence-electron chi connectivity index (χ4n) is 8.60. The number of benzene rings is 4. The maximum Gasteiger partial charge on any atom is 0.335 e. The van der Waals surface area contributed by atoms with Crippen LogP contribution in [0.3, 0.4) is 0 Å². The Labute approximate surface area is 477 Å². The number of carboxylic acid groups (broad SMARTS) is 1. The van der Waals surface area contributed by atoms with E-state index in [0.717, 1.165) is 92.5 Å². The van der Waals surface area contributed by atoms with Gasteiger partial charge in [-0.15, -0.1) is 10.2 Å². The molecule has 5 amide bonds. The summed E-state index contributed by atoms with van der Waals surface area (Å²) in [5, 5.41) is 32.2. The predicted molar refractivity (Wildman–Crippen MR) is 322 cm³/mol. The predicted octanol–water partition coefficient (Wildman–Crippen LogP) is 7.67. The second-order valence-electron chi connectivity index (χ2n) is 19.5. The summed E-state index contributed by atoms with van der Waals surface area (Å²) < 4.78 is 14.6. The molecule has 10 rings (SSSR count). The van der Waals surface area contributed by atoms with Gasteiger partial charge >= 0.3 is 18.0 Å². The lowest BCUT2D eigenvalue weighted by Gasteiger charge is -2.28. The Morgan fingerprint density at radius 2 is 0.927 bits per heavy atom.